The predicted molar refractivity (Wildman–Crippen MR) is 73.2 cm³/mol. The summed E-state index contributed by atoms with van der Waals surface area (Å²) < 4.78 is 5.08. The fraction of sp³-hybridized carbons (Fsp3) is 0.467. The Balaban J connectivity index is 2.22. The molecule has 1 amide bonds. The van der Waals surface area contributed by atoms with Crippen LogP contribution in [0.25, 0.3) is 0 Å². The molecule has 0 aliphatic carbocycles. The number of benzene rings is 1. The van der Waals surface area contributed by atoms with Crippen LogP contribution in [-0.2, 0) is 27.3 Å². The quantitative estimate of drug-likeness (QED) is 0.904. The van der Waals surface area contributed by atoms with Crippen LogP contribution in [0.3, 0.4) is 0 Å². The SMILES string of the molecule is CO[C@@H](C)CC(=O)N1Cc2ccccc2C[C@H]1C(=O)O. The Morgan fingerprint density at radius 1 is 1.40 bits per heavy atom. The normalized spacial score (nSPS) is 19.3. The topological polar surface area (TPSA) is 66.8 Å². The van der Waals surface area contributed by atoms with Crippen LogP contribution in [0.2, 0.25) is 0 Å². The highest BCUT2D eigenvalue weighted by Crippen LogP contribution is 2.24. The fourth-order valence-corrected chi connectivity index (χ4v) is 2.45. The molecule has 0 spiro atoms. The predicted octanol–water partition coefficient (Wildman–Crippen LogP) is 1.45. The van der Waals surface area contributed by atoms with Crippen LogP contribution in [0.4, 0.5) is 0 Å². The summed E-state index contributed by atoms with van der Waals surface area (Å²) in [4.78, 5) is 25.1. The molecule has 0 unspecified atom stereocenters. The van der Waals surface area contributed by atoms with Crippen LogP contribution >= 0.6 is 0 Å². The molecule has 5 nitrogen and oxygen atoms in total. The van der Waals surface area contributed by atoms with E-state index in [9.17, 15) is 14.7 Å². The molecule has 0 saturated heterocycles. The molecule has 0 radical (unpaired) electrons. The lowest BCUT2D eigenvalue weighted by molar-refractivity contribution is -0.152. The maximum atomic E-state index is 12.3. The summed E-state index contributed by atoms with van der Waals surface area (Å²) in [5, 5.41) is 9.35. The van der Waals surface area contributed by atoms with E-state index in [2.05, 4.69) is 0 Å². The van der Waals surface area contributed by atoms with Gasteiger partial charge in [0.1, 0.15) is 6.04 Å². The first-order valence-corrected chi connectivity index (χ1v) is 6.64. The van der Waals surface area contributed by atoms with E-state index < -0.39 is 12.0 Å². The number of carbonyl (C=O) groups is 2. The number of hydrogen-bond acceptors (Lipinski definition) is 3. The van der Waals surface area contributed by atoms with Crippen LogP contribution in [0.5, 0.6) is 0 Å². The van der Waals surface area contributed by atoms with Gasteiger partial charge in [0, 0.05) is 20.1 Å². The van der Waals surface area contributed by atoms with Crippen molar-refractivity contribution in [3.05, 3.63) is 35.4 Å². The number of rotatable bonds is 4. The van der Waals surface area contributed by atoms with Crippen LogP contribution in [0.15, 0.2) is 24.3 Å². The average Bonchev–Trinajstić information content (AvgIpc) is 2.45. The van der Waals surface area contributed by atoms with Gasteiger partial charge in [-0.05, 0) is 18.1 Å². The zero-order valence-electron chi connectivity index (χ0n) is 11.7. The Hall–Kier alpha value is -1.88. The number of carboxylic acids is 1. The molecule has 20 heavy (non-hydrogen) atoms. The van der Waals surface area contributed by atoms with Crippen molar-refractivity contribution in [2.75, 3.05) is 7.11 Å². The second kappa shape index (κ2) is 6.05. The molecule has 1 heterocycles. The molecule has 0 saturated carbocycles. The third-order valence-corrected chi connectivity index (χ3v) is 3.72. The van der Waals surface area contributed by atoms with Crippen molar-refractivity contribution in [2.24, 2.45) is 0 Å². The van der Waals surface area contributed by atoms with Crippen molar-refractivity contribution < 1.29 is 19.4 Å². The van der Waals surface area contributed by atoms with E-state index in [-0.39, 0.29) is 18.4 Å². The molecule has 0 aromatic heterocycles. The number of aliphatic carboxylic acids is 1. The van der Waals surface area contributed by atoms with Crippen molar-refractivity contribution in [3.63, 3.8) is 0 Å². The van der Waals surface area contributed by atoms with Gasteiger partial charge in [0.25, 0.3) is 0 Å². The fourth-order valence-electron chi connectivity index (χ4n) is 2.45. The van der Waals surface area contributed by atoms with Gasteiger partial charge in [-0.3, -0.25) is 4.79 Å². The Morgan fingerprint density at radius 3 is 2.65 bits per heavy atom. The summed E-state index contributed by atoms with van der Waals surface area (Å²) >= 11 is 0. The molecule has 108 valence electrons. The Kier molecular flexibility index (Phi) is 4.39. The first-order chi connectivity index (χ1) is 9.52. The zero-order valence-corrected chi connectivity index (χ0v) is 11.7. The van der Waals surface area contributed by atoms with Crippen LogP contribution < -0.4 is 0 Å². The Morgan fingerprint density at radius 2 is 2.05 bits per heavy atom. The monoisotopic (exact) mass is 277 g/mol. The molecule has 1 N–H and O–H groups in total. The van der Waals surface area contributed by atoms with Gasteiger partial charge in [-0.25, -0.2) is 4.79 Å². The van der Waals surface area contributed by atoms with Crippen molar-refractivity contribution in [1.29, 1.82) is 0 Å². The first kappa shape index (κ1) is 14.5. The van der Waals surface area contributed by atoms with Gasteiger partial charge in [0.2, 0.25) is 5.91 Å². The van der Waals surface area contributed by atoms with Gasteiger partial charge in [0.15, 0.2) is 0 Å². The molecule has 0 bridgehead atoms. The van der Waals surface area contributed by atoms with Crippen LogP contribution in [0, 0.1) is 0 Å². The number of methoxy groups -OCH3 is 1. The van der Waals surface area contributed by atoms with E-state index in [0.717, 1.165) is 11.1 Å². The molecule has 0 fully saturated rings. The largest absolute Gasteiger partial charge is 0.480 e. The molecule has 2 atom stereocenters. The van der Waals surface area contributed by atoms with E-state index in [1.54, 1.807) is 6.92 Å². The lowest BCUT2D eigenvalue weighted by Crippen LogP contribution is -2.49. The van der Waals surface area contributed by atoms with E-state index in [1.807, 2.05) is 24.3 Å². The van der Waals surface area contributed by atoms with Gasteiger partial charge in [-0.1, -0.05) is 24.3 Å². The number of amides is 1. The summed E-state index contributed by atoms with van der Waals surface area (Å²) in [6.45, 7) is 2.15. The maximum Gasteiger partial charge on any atom is 0.326 e. The van der Waals surface area contributed by atoms with E-state index in [1.165, 1.54) is 12.0 Å². The lowest BCUT2D eigenvalue weighted by Gasteiger charge is -2.35. The summed E-state index contributed by atoms with van der Waals surface area (Å²) in [5.74, 6) is -1.14. The van der Waals surface area contributed by atoms with Gasteiger partial charge < -0.3 is 14.7 Å². The lowest BCUT2D eigenvalue weighted by atomic mass is 9.93. The van der Waals surface area contributed by atoms with Crippen LogP contribution in [0.1, 0.15) is 24.5 Å². The molecule has 2 rings (SSSR count). The van der Waals surface area contributed by atoms with Gasteiger partial charge in [-0.2, -0.15) is 0 Å². The summed E-state index contributed by atoms with van der Waals surface area (Å²) in [6.07, 6.45) is 0.343. The maximum absolute atomic E-state index is 12.3. The van der Waals surface area contributed by atoms with Gasteiger partial charge >= 0.3 is 5.97 Å². The molecule has 1 aromatic carbocycles. The third kappa shape index (κ3) is 2.99. The standard InChI is InChI=1S/C15H19NO4/c1-10(20-2)7-14(17)16-9-12-6-4-3-5-11(12)8-13(16)15(18)19/h3-6,10,13H,7-9H2,1-2H3,(H,18,19)/t10-,13-/m0/s1. The highest BCUT2D eigenvalue weighted by Gasteiger charge is 2.34. The molecule has 1 aliphatic heterocycles. The second-order valence-electron chi connectivity index (χ2n) is 5.10. The minimum atomic E-state index is -0.960. The van der Waals surface area contributed by atoms with E-state index >= 15 is 0 Å². The van der Waals surface area contributed by atoms with Crippen molar-refractivity contribution >= 4 is 11.9 Å². The third-order valence-electron chi connectivity index (χ3n) is 3.72. The Labute approximate surface area is 118 Å². The van der Waals surface area contributed by atoms with Crippen molar-refractivity contribution in [3.8, 4) is 0 Å². The molecular formula is C15H19NO4. The second-order valence-corrected chi connectivity index (χ2v) is 5.10. The number of hydrogen-bond donors (Lipinski definition) is 1. The number of fused-ring (bicyclic) bond motifs is 1. The van der Waals surface area contributed by atoms with Crippen molar-refractivity contribution in [1.82, 2.24) is 4.90 Å². The summed E-state index contributed by atoms with van der Waals surface area (Å²) in [6, 6.07) is 6.86. The highest BCUT2D eigenvalue weighted by molar-refractivity contribution is 5.84. The number of ether oxygens (including phenoxy) is 1. The molecule has 1 aliphatic rings. The summed E-state index contributed by atoms with van der Waals surface area (Å²) in [5.41, 5.74) is 2.02. The van der Waals surface area contributed by atoms with Gasteiger partial charge in [-0.15, -0.1) is 0 Å². The molecule has 1 aromatic rings. The summed E-state index contributed by atoms with van der Waals surface area (Å²) in [7, 11) is 1.54. The first-order valence-electron chi connectivity index (χ1n) is 6.64. The number of carbonyl (C=O) groups excluding carboxylic acids is 1. The van der Waals surface area contributed by atoms with Crippen molar-refractivity contribution in [2.45, 2.75) is 38.5 Å². The minimum Gasteiger partial charge on any atom is -0.480 e. The molecular weight excluding hydrogens is 258 g/mol. The van der Waals surface area contributed by atoms with Gasteiger partial charge in [0.05, 0.1) is 12.5 Å². The minimum absolute atomic E-state index is 0.179. The van der Waals surface area contributed by atoms with E-state index in [4.69, 9.17) is 4.74 Å². The Bertz CT molecular complexity index is 514. The van der Waals surface area contributed by atoms with Crippen LogP contribution in [-0.4, -0.2) is 41.1 Å². The average molecular weight is 277 g/mol. The number of carboxylic acid groups (broad SMARTS) is 1. The number of nitrogens with zero attached hydrogens (tertiary/aromatic N) is 1. The zero-order chi connectivity index (χ0) is 14.7. The molecule has 5 heteroatoms. The highest BCUT2D eigenvalue weighted by atomic mass is 16.5. The van der Waals surface area contributed by atoms with E-state index in [0.29, 0.717) is 13.0 Å². The smallest absolute Gasteiger partial charge is 0.326 e.